The first kappa shape index (κ1) is 13.9. The van der Waals surface area contributed by atoms with Crippen molar-refractivity contribution in [1.29, 1.82) is 0 Å². The number of H-pyrrole nitrogens is 1. The van der Waals surface area contributed by atoms with Crippen molar-refractivity contribution in [1.82, 2.24) is 9.97 Å². The second-order valence-corrected chi connectivity index (χ2v) is 4.85. The summed E-state index contributed by atoms with van der Waals surface area (Å²) in [5.41, 5.74) is 0.643. The van der Waals surface area contributed by atoms with Crippen molar-refractivity contribution in [2.45, 2.75) is 58.8 Å². The summed E-state index contributed by atoms with van der Waals surface area (Å²) in [7, 11) is 0. The third kappa shape index (κ3) is 5.66. The Kier molecular flexibility index (Phi) is 6.60. The number of carbonyl (C=O) groups is 1. The molecule has 0 saturated heterocycles. The van der Waals surface area contributed by atoms with E-state index in [1.165, 1.54) is 25.7 Å². The molecule has 0 saturated carbocycles. The van der Waals surface area contributed by atoms with Crippen LogP contribution in [0.4, 0.5) is 0 Å². The molecule has 0 aliphatic heterocycles. The number of carbonyl (C=O) groups excluding carboxylic acids is 1. The molecule has 3 heteroatoms. The Morgan fingerprint density at radius 2 is 2.12 bits per heavy atom. The van der Waals surface area contributed by atoms with Crippen LogP contribution in [0.3, 0.4) is 0 Å². The lowest BCUT2D eigenvalue weighted by Gasteiger charge is -2.07. The summed E-state index contributed by atoms with van der Waals surface area (Å²) in [6.07, 6.45) is 11.1. The Morgan fingerprint density at radius 1 is 1.35 bits per heavy atom. The zero-order valence-corrected chi connectivity index (χ0v) is 11.0. The van der Waals surface area contributed by atoms with Crippen LogP contribution >= 0.6 is 0 Å². The minimum Gasteiger partial charge on any atom is -0.342 e. The topological polar surface area (TPSA) is 45.8 Å². The van der Waals surface area contributed by atoms with Crippen molar-refractivity contribution >= 4 is 5.78 Å². The van der Waals surface area contributed by atoms with Crippen LogP contribution in [0, 0.1) is 5.92 Å². The first-order valence-electron chi connectivity index (χ1n) is 6.75. The summed E-state index contributed by atoms with van der Waals surface area (Å²) in [4.78, 5) is 18.3. The highest BCUT2D eigenvalue weighted by atomic mass is 16.1. The number of aromatic amines is 1. The standard InChI is InChI=1S/C14H24N2O/c1-3-12(2)8-6-4-5-7-9-14(17)13-10-15-11-16-13/h10-12H,3-9H2,1-2H3,(H,15,16). The molecule has 0 fully saturated rings. The molecule has 1 aromatic rings. The third-order valence-corrected chi connectivity index (χ3v) is 3.35. The van der Waals surface area contributed by atoms with Gasteiger partial charge in [0.05, 0.1) is 12.5 Å². The zero-order valence-electron chi connectivity index (χ0n) is 11.0. The highest BCUT2D eigenvalue weighted by molar-refractivity contribution is 5.93. The lowest BCUT2D eigenvalue weighted by atomic mass is 10.00. The maximum absolute atomic E-state index is 11.6. The van der Waals surface area contributed by atoms with Gasteiger partial charge in [0.25, 0.3) is 0 Å². The van der Waals surface area contributed by atoms with Crippen molar-refractivity contribution in [2.24, 2.45) is 5.92 Å². The molecule has 1 atom stereocenters. The molecule has 0 spiro atoms. The van der Waals surface area contributed by atoms with Gasteiger partial charge in [-0.3, -0.25) is 4.79 Å². The maximum atomic E-state index is 11.6. The van der Waals surface area contributed by atoms with Gasteiger partial charge in [0.1, 0.15) is 5.69 Å². The minimum absolute atomic E-state index is 0.185. The van der Waals surface area contributed by atoms with Crippen molar-refractivity contribution in [2.75, 3.05) is 0 Å². The Balaban J connectivity index is 1.99. The number of rotatable bonds is 9. The summed E-state index contributed by atoms with van der Waals surface area (Å²) < 4.78 is 0. The van der Waals surface area contributed by atoms with Gasteiger partial charge in [-0.1, -0.05) is 46.0 Å². The van der Waals surface area contributed by atoms with E-state index < -0.39 is 0 Å². The first-order chi connectivity index (χ1) is 8.24. The van der Waals surface area contributed by atoms with E-state index >= 15 is 0 Å². The number of unbranched alkanes of at least 4 members (excludes halogenated alkanes) is 3. The molecule has 1 aromatic heterocycles. The fraction of sp³-hybridized carbons (Fsp3) is 0.714. The predicted octanol–water partition coefficient (Wildman–Crippen LogP) is 3.98. The zero-order chi connectivity index (χ0) is 12.5. The van der Waals surface area contributed by atoms with Gasteiger partial charge in [0.15, 0.2) is 5.78 Å². The lowest BCUT2D eigenvalue weighted by Crippen LogP contribution is -1.99. The van der Waals surface area contributed by atoms with Crippen LogP contribution in [0.2, 0.25) is 0 Å². The quantitative estimate of drug-likeness (QED) is 0.520. The van der Waals surface area contributed by atoms with E-state index in [4.69, 9.17) is 0 Å². The average Bonchev–Trinajstić information content (AvgIpc) is 2.86. The molecule has 17 heavy (non-hydrogen) atoms. The number of ketones is 1. The molecule has 0 amide bonds. The van der Waals surface area contributed by atoms with Gasteiger partial charge in [0.2, 0.25) is 0 Å². The summed E-state index contributed by atoms with van der Waals surface area (Å²) >= 11 is 0. The molecule has 1 unspecified atom stereocenters. The number of nitrogens with zero attached hydrogens (tertiary/aromatic N) is 1. The van der Waals surface area contributed by atoms with Crippen LogP contribution in [-0.2, 0) is 0 Å². The molecule has 96 valence electrons. The third-order valence-electron chi connectivity index (χ3n) is 3.35. The predicted molar refractivity (Wildman–Crippen MR) is 70.1 cm³/mol. The van der Waals surface area contributed by atoms with E-state index in [-0.39, 0.29) is 5.78 Å². The van der Waals surface area contributed by atoms with Crippen LogP contribution in [0.25, 0.3) is 0 Å². The molecule has 3 nitrogen and oxygen atoms in total. The largest absolute Gasteiger partial charge is 0.342 e. The molecule has 1 heterocycles. The van der Waals surface area contributed by atoms with Gasteiger partial charge in [-0.15, -0.1) is 0 Å². The second kappa shape index (κ2) is 8.04. The fourth-order valence-corrected chi connectivity index (χ4v) is 1.88. The Labute approximate surface area is 104 Å². The summed E-state index contributed by atoms with van der Waals surface area (Å²) in [6, 6.07) is 0. The van der Waals surface area contributed by atoms with Crippen molar-refractivity contribution < 1.29 is 4.79 Å². The van der Waals surface area contributed by atoms with Crippen LogP contribution in [0.15, 0.2) is 12.5 Å². The molecular formula is C14H24N2O. The van der Waals surface area contributed by atoms with E-state index in [0.717, 1.165) is 18.8 Å². The molecular weight excluding hydrogens is 212 g/mol. The van der Waals surface area contributed by atoms with E-state index in [1.807, 2.05) is 0 Å². The van der Waals surface area contributed by atoms with Crippen LogP contribution < -0.4 is 0 Å². The maximum Gasteiger partial charge on any atom is 0.180 e. The first-order valence-corrected chi connectivity index (χ1v) is 6.75. The monoisotopic (exact) mass is 236 g/mol. The number of Topliss-reactive ketones (excluding diaryl/α,β-unsaturated/α-hetero) is 1. The highest BCUT2D eigenvalue weighted by Crippen LogP contribution is 2.14. The van der Waals surface area contributed by atoms with Gasteiger partial charge in [0, 0.05) is 6.42 Å². The van der Waals surface area contributed by atoms with Gasteiger partial charge in [-0.05, 0) is 12.3 Å². The van der Waals surface area contributed by atoms with Gasteiger partial charge >= 0.3 is 0 Å². The molecule has 1 N–H and O–H groups in total. The van der Waals surface area contributed by atoms with Crippen molar-refractivity contribution in [3.05, 3.63) is 18.2 Å². The van der Waals surface area contributed by atoms with E-state index in [0.29, 0.717) is 12.1 Å². The molecule has 0 aromatic carbocycles. The highest BCUT2D eigenvalue weighted by Gasteiger charge is 2.06. The number of hydrogen-bond acceptors (Lipinski definition) is 2. The second-order valence-electron chi connectivity index (χ2n) is 4.85. The number of aromatic nitrogens is 2. The molecule has 0 aliphatic rings. The number of hydrogen-bond donors (Lipinski definition) is 1. The minimum atomic E-state index is 0.185. The summed E-state index contributed by atoms with van der Waals surface area (Å²) in [6.45, 7) is 4.55. The lowest BCUT2D eigenvalue weighted by molar-refractivity contribution is 0.0974. The summed E-state index contributed by atoms with van der Waals surface area (Å²) in [5, 5.41) is 0. The Hall–Kier alpha value is -1.12. The Bertz CT molecular complexity index is 306. The average molecular weight is 236 g/mol. The van der Waals surface area contributed by atoms with Gasteiger partial charge < -0.3 is 4.98 Å². The van der Waals surface area contributed by atoms with Crippen LogP contribution in [0.1, 0.15) is 69.3 Å². The normalized spacial score (nSPS) is 12.6. The van der Waals surface area contributed by atoms with Crippen molar-refractivity contribution in [3.8, 4) is 0 Å². The molecule has 1 rings (SSSR count). The number of nitrogens with one attached hydrogen (secondary N) is 1. The van der Waals surface area contributed by atoms with E-state index in [9.17, 15) is 4.79 Å². The van der Waals surface area contributed by atoms with E-state index in [1.54, 1.807) is 12.5 Å². The molecule has 0 bridgehead atoms. The van der Waals surface area contributed by atoms with Crippen molar-refractivity contribution in [3.63, 3.8) is 0 Å². The SMILES string of the molecule is CCC(C)CCCCCCC(=O)c1cnc[nH]1. The van der Waals surface area contributed by atoms with Crippen LogP contribution in [-0.4, -0.2) is 15.8 Å². The Morgan fingerprint density at radius 3 is 2.76 bits per heavy atom. The van der Waals surface area contributed by atoms with Crippen LogP contribution in [0.5, 0.6) is 0 Å². The smallest absolute Gasteiger partial charge is 0.180 e. The summed E-state index contributed by atoms with van der Waals surface area (Å²) in [5.74, 6) is 1.03. The fourth-order valence-electron chi connectivity index (χ4n) is 1.88. The molecule has 0 aliphatic carbocycles. The van der Waals surface area contributed by atoms with Gasteiger partial charge in [-0.2, -0.15) is 0 Å². The molecule has 0 radical (unpaired) electrons. The van der Waals surface area contributed by atoms with E-state index in [2.05, 4.69) is 23.8 Å². The number of imidazole rings is 1. The van der Waals surface area contributed by atoms with Gasteiger partial charge in [-0.25, -0.2) is 4.98 Å².